The first-order valence-electron chi connectivity index (χ1n) is 6.96. The molecule has 1 N–H and O–H groups in total. The first-order valence-corrected chi connectivity index (χ1v) is 6.96. The molecule has 0 bridgehead atoms. The Bertz CT molecular complexity index is 247. The van der Waals surface area contributed by atoms with Crippen molar-refractivity contribution in [2.24, 2.45) is 10.8 Å². The number of rotatable bonds is 3. The van der Waals surface area contributed by atoms with Crippen LogP contribution in [0.3, 0.4) is 0 Å². The third-order valence-corrected chi connectivity index (χ3v) is 4.51. The van der Waals surface area contributed by atoms with E-state index in [1.807, 2.05) is 0 Å². The molecular formula is C14H27NO2. The molecule has 2 aliphatic heterocycles. The Balaban J connectivity index is 1.90. The van der Waals surface area contributed by atoms with Gasteiger partial charge in [-0.05, 0) is 44.2 Å². The van der Waals surface area contributed by atoms with Crippen LogP contribution in [0.25, 0.3) is 0 Å². The van der Waals surface area contributed by atoms with Crippen molar-refractivity contribution in [3.8, 4) is 0 Å². The van der Waals surface area contributed by atoms with Crippen molar-refractivity contribution in [1.29, 1.82) is 0 Å². The second-order valence-electron chi connectivity index (χ2n) is 6.75. The Morgan fingerprint density at radius 1 is 1.18 bits per heavy atom. The highest BCUT2D eigenvalue weighted by atomic mass is 16.5. The van der Waals surface area contributed by atoms with Crippen LogP contribution in [0, 0.1) is 10.8 Å². The van der Waals surface area contributed by atoms with E-state index in [-0.39, 0.29) is 12.0 Å². The van der Waals surface area contributed by atoms with Crippen molar-refractivity contribution in [2.75, 3.05) is 39.5 Å². The second kappa shape index (κ2) is 5.25. The van der Waals surface area contributed by atoms with E-state index in [4.69, 9.17) is 4.74 Å². The summed E-state index contributed by atoms with van der Waals surface area (Å²) in [6.07, 6.45) is 4.90. The Morgan fingerprint density at radius 3 is 2.65 bits per heavy atom. The normalized spacial score (nSPS) is 34.8. The van der Waals surface area contributed by atoms with Crippen molar-refractivity contribution < 1.29 is 9.84 Å². The number of likely N-dealkylation sites (tertiary alicyclic amines) is 1. The summed E-state index contributed by atoms with van der Waals surface area (Å²) >= 11 is 0. The number of nitrogens with zero attached hydrogens (tertiary/aromatic N) is 1. The van der Waals surface area contributed by atoms with E-state index in [9.17, 15) is 5.11 Å². The maximum Gasteiger partial charge on any atom is 0.0557 e. The lowest BCUT2D eigenvalue weighted by Crippen LogP contribution is -2.41. The van der Waals surface area contributed by atoms with E-state index in [1.165, 1.54) is 32.4 Å². The number of hydrogen-bond donors (Lipinski definition) is 1. The predicted octanol–water partition coefficient (Wildman–Crippen LogP) is 1.90. The summed E-state index contributed by atoms with van der Waals surface area (Å²) in [5.41, 5.74) is 0.516. The van der Waals surface area contributed by atoms with Gasteiger partial charge in [0, 0.05) is 18.6 Å². The molecule has 3 heteroatoms. The van der Waals surface area contributed by atoms with Crippen molar-refractivity contribution in [2.45, 2.75) is 39.5 Å². The van der Waals surface area contributed by atoms with Gasteiger partial charge in [0.1, 0.15) is 0 Å². The largest absolute Gasteiger partial charge is 0.396 e. The average molecular weight is 241 g/mol. The zero-order valence-electron chi connectivity index (χ0n) is 11.4. The van der Waals surface area contributed by atoms with Crippen LogP contribution in [-0.2, 0) is 4.74 Å². The number of aliphatic hydroxyl groups excluding tert-OH is 1. The minimum atomic E-state index is 0.0223. The molecule has 0 amide bonds. The predicted molar refractivity (Wildman–Crippen MR) is 69.0 cm³/mol. The number of aliphatic hydroxyl groups is 1. The Morgan fingerprint density at radius 2 is 2.00 bits per heavy atom. The lowest BCUT2D eigenvalue weighted by atomic mass is 9.85. The smallest absolute Gasteiger partial charge is 0.0557 e. The van der Waals surface area contributed by atoms with Gasteiger partial charge in [-0.15, -0.1) is 0 Å². The third kappa shape index (κ3) is 3.43. The summed E-state index contributed by atoms with van der Waals surface area (Å²) in [6.45, 7) is 9.95. The molecule has 0 aromatic rings. The molecule has 2 heterocycles. The first-order chi connectivity index (χ1) is 8.05. The quantitative estimate of drug-likeness (QED) is 0.819. The highest BCUT2D eigenvalue weighted by molar-refractivity contribution is 4.87. The Kier molecular flexibility index (Phi) is 4.11. The molecule has 17 heavy (non-hydrogen) atoms. The van der Waals surface area contributed by atoms with Gasteiger partial charge in [0.2, 0.25) is 0 Å². The standard InChI is InChI=1S/C14H27NO2/c1-13(2)4-3-7-15(8-5-13)10-14(11-16)6-9-17-12-14/h16H,3-12H2,1-2H3. The number of ether oxygens (including phenoxy) is 1. The molecule has 0 saturated carbocycles. The van der Waals surface area contributed by atoms with Gasteiger partial charge in [0.15, 0.2) is 0 Å². The fourth-order valence-corrected chi connectivity index (χ4v) is 3.06. The van der Waals surface area contributed by atoms with E-state index < -0.39 is 0 Å². The molecule has 2 saturated heterocycles. The molecule has 0 spiro atoms. The topological polar surface area (TPSA) is 32.7 Å². The Hall–Kier alpha value is -0.120. The van der Waals surface area contributed by atoms with E-state index in [0.717, 1.165) is 26.2 Å². The zero-order valence-corrected chi connectivity index (χ0v) is 11.4. The summed E-state index contributed by atoms with van der Waals surface area (Å²) in [6, 6.07) is 0. The van der Waals surface area contributed by atoms with E-state index >= 15 is 0 Å². The van der Waals surface area contributed by atoms with Crippen molar-refractivity contribution in [3.63, 3.8) is 0 Å². The monoisotopic (exact) mass is 241 g/mol. The minimum Gasteiger partial charge on any atom is -0.396 e. The molecule has 1 unspecified atom stereocenters. The third-order valence-electron chi connectivity index (χ3n) is 4.51. The second-order valence-corrected chi connectivity index (χ2v) is 6.75. The summed E-state index contributed by atoms with van der Waals surface area (Å²) in [4.78, 5) is 2.54. The molecule has 100 valence electrons. The van der Waals surface area contributed by atoms with E-state index in [0.29, 0.717) is 5.41 Å². The average Bonchev–Trinajstić information content (AvgIpc) is 2.68. The fraction of sp³-hybridized carbons (Fsp3) is 1.00. The van der Waals surface area contributed by atoms with Gasteiger partial charge in [-0.3, -0.25) is 0 Å². The summed E-state index contributed by atoms with van der Waals surface area (Å²) in [5, 5.41) is 9.61. The molecule has 2 rings (SSSR count). The SMILES string of the molecule is CC1(C)CCCN(CC2(CO)CCOC2)CC1. The molecule has 0 aromatic carbocycles. The molecular weight excluding hydrogens is 214 g/mol. The van der Waals surface area contributed by atoms with Crippen LogP contribution in [0.1, 0.15) is 39.5 Å². The number of hydrogen-bond acceptors (Lipinski definition) is 3. The van der Waals surface area contributed by atoms with Crippen LogP contribution in [0.2, 0.25) is 0 Å². The van der Waals surface area contributed by atoms with Crippen LogP contribution >= 0.6 is 0 Å². The minimum absolute atomic E-state index is 0.0223. The fourth-order valence-electron chi connectivity index (χ4n) is 3.06. The van der Waals surface area contributed by atoms with Crippen LogP contribution in [0.15, 0.2) is 0 Å². The molecule has 2 fully saturated rings. The molecule has 0 radical (unpaired) electrons. The highest BCUT2D eigenvalue weighted by Crippen LogP contribution is 2.33. The molecule has 1 atom stereocenters. The summed E-state index contributed by atoms with van der Waals surface area (Å²) < 4.78 is 5.48. The summed E-state index contributed by atoms with van der Waals surface area (Å²) in [5.74, 6) is 0. The van der Waals surface area contributed by atoms with Crippen LogP contribution < -0.4 is 0 Å². The van der Waals surface area contributed by atoms with Gasteiger partial charge in [-0.2, -0.15) is 0 Å². The van der Waals surface area contributed by atoms with Crippen LogP contribution in [0.4, 0.5) is 0 Å². The van der Waals surface area contributed by atoms with Crippen molar-refractivity contribution in [1.82, 2.24) is 4.90 Å². The van der Waals surface area contributed by atoms with Gasteiger partial charge in [-0.25, -0.2) is 0 Å². The zero-order chi connectivity index (χ0) is 12.4. The van der Waals surface area contributed by atoms with Gasteiger partial charge < -0.3 is 14.7 Å². The van der Waals surface area contributed by atoms with Gasteiger partial charge in [0.05, 0.1) is 13.2 Å². The van der Waals surface area contributed by atoms with Gasteiger partial charge in [0.25, 0.3) is 0 Å². The van der Waals surface area contributed by atoms with Crippen LogP contribution in [-0.4, -0.2) is 49.5 Å². The Labute approximate surface area is 105 Å². The molecule has 3 nitrogen and oxygen atoms in total. The van der Waals surface area contributed by atoms with Gasteiger partial charge >= 0.3 is 0 Å². The molecule has 2 aliphatic rings. The maximum absolute atomic E-state index is 9.61. The van der Waals surface area contributed by atoms with Gasteiger partial charge in [-0.1, -0.05) is 13.8 Å². The van der Waals surface area contributed by atoms with Crippen LogP contribution in [0.5, 0.6) is 0 Å². The summed E-state index contributed by atoms with van der Waals surface area (Å²) in [7, 11) is 0. The van der Waals surface area contributed by atoms with E-state index in [1.54, 1.807) is 0 Å². The van der Waals surface area contributed by atoms with E-state index in [2.05, 4.69) is 18.7 Å². The lowest BCUT2D eigenvalue weighted by molar-refractivity contribution is 0.0569. The molecule has 0 aliphatic carbocycles. The first kappa shape index (κ1) is 13.3. The maximum atomic E-state index is 9.61. The van der Waals surface area contributed by atoms with Crippen molar-refractivity contribution >= 4 is 0 Å². The van der Waals surface area contributed by atoms with Crippen molar-refractivity contribution in [3.05, 3.63) is 0 Å². The highest BCUT2D eigenvalue weighted by Gasteiger charge is 2.36. The lowest BCUT2D eigenvalue weighted by Gasteiger charge is -2.32. The molecule has 0 aromatic heterocycles.